The molecule has 6 rings (SSSR count). The van der Waals surface area contributed by atoms with Gasteiger partial charge in [-0.25, -0.2) is 9.97 Å². The third-order valence-corrected chi connectivity index (χ3v) is 8.30. The monoisotopic (exact) mass is 535 g/mol. The van der Waals surface area contributed by atoms with E-state index in [1.165, 1.54) is 0 Å². The minimum atomic E-state index is -0.469. The molecular weight excluding hydrogens is 502 g/mol. The zero-order valence-electron chi connectivity index (χ0n) is 23.0. The molecule has 2 aromatic carbocycles. The van der Waals surface area contributed by atoms with Crippen molar-refractivity contribution in [1.29, 1.82) is 0 Å². The summed E-state index contributed by atoms with van der Waals surface area (Å²) in [5.41, 5.74) is 2.88. The maximum absolute atomic E-state index is 13.9. The van der Waals surface area contributed by atoms with Gasteiger partial charge in [-0.15, -0.1) is 0 Å². The Morgan fingerprint density at radius 2 is 1.55 bits per heavy atom. The SMILES string of the molecule is CC(C)(C)[C@H](CC(=O)c1cc2ccccc2[nH]1)C(=O)N1C[C@@H]2C[C@H]1CN2C(=O)c1ncc(-c2ccccc2)cn1. The zero-order valence-corrected chi connectivity index (χ0v) is 23.0. The van der Waals surface area contributed by atoms with Gasteiger partial charge in [-0.2, -0.15) is 0 Å². The Labute approximate surface area is 233 Å². The van der Waals surface area contributed by atoms with Crippen LogP contribution in [-0.4, -0.2) is 67.5 Å². The Hall–Kier alpha value is -4.33. The number of likely N-dealkylation sites (tertiary alicyclic amines) is 2. The highest BCUT2D eigenvalue weighted by Gasteiger charge is 2.50. The van der Waals surface area contributed by atoms with Crippen LogP contribution in [0.3, 0.4) is 0 Å². The summed E-state index contributed by atoms with van der Waals surface area (Å²) in [7, 11) is 0. The van der Waals surface area contributed by atoms with Crippen molar-refractivity contribution in [1.82, 2.24) is 24.8 Å². The third-order valence-electron chi connectivity index (χ3n) is 8.30. The number of benzene rings is 2. The van der Waals surface area contributed by atoms with Crippen LogP contribution in [0.15, 0.2) is 73.1 Å². The van der Waals surface area contributed by atoms with Crippen LogP contribution in [0, 0.1) is 11.3 Å². The first-order chi connectivity index (χ1) is 19.2. The second-order valence-electron chi connectivity index (χ2n) is 12.0. The van der Waals surface area contributed by atoms with Gasteiger partial charge in [-0.05, 0) is 29.5 Å². The molecule has 0 unspecified atom stereocenters. The number of piperazine rings is 1. The van der Waals surface area contributed by atoms with Gasteiger partial charge in [0.1, 0.15) is 0 Å². The summed E-state index contributed by atoms with van der Waals surface area (Å²) in [6.45, 7) is 6.94. The molecule has 2 fully saturated rings. The molecule has 0 saturated carbocycles. The van der Waals surface area contributed by atoms with Crippen LogP contribution in [0.1, 0.15) is 54.7 Å². The number of nitrogens with one attached hydrogen (secondary N) is 1. The minimum Gasteiger partial charge on any atom is -0.352 e. The predicted molar refractivity (Wildman–Crippen MR) is 153 cm³/mol. The molecule has 2 aromatic heterocycles. The molecule has 2 saturated heterocycles. The number of ketones is 1. The molecule has 0 aliphatic carbocycles. The van der Waals surface area contributed by atoms with Crippen LogP contribution >= 0.6 is 0 Å². The van der Waals surface area contributed by atoms with Crippen molar-refractivity contribution in [2.75, 3.05) is 13.1 Å². The minimum absolute atomic E-state index is 0.0139. The molecule has 0 radical (unpaired) electrons. The predicted octanol–water partition coefficient (Wildman–Crippen LogP) is 4.99. The van der Waals surface area contributed by atoms with Gasteiger partial charge in [-0.1, -0.05) is 69.3 Å². The highest BCUT2D eigenvalue weighted by atomic mass is 16.2. The van der Waals surface area contributed by atoms with Crippen molar-refractivity contribution < 1.29 is 14.4 Å². The number of carbonyl (C=O) groups is 3. The van der Waals surface area contributed by atoms with Gasteiger partial charge in [0.2, 0.25) is 11.7 Å². The van der Waals surface area contributed by atoms with Crippen molar-refractivity contribution in [2.45, 2.75) is 45.7 Å². The summed E-state index contributed by atoms with van der Waals surface area (Å²) in [5.74, 6) is -0.590. The fourth-order valence-electron chi connectivity index (χ4n) is 6.02. The van der Waals surface area contributed by atoms with E-state index in [9.17, 15) is 14.4 Å². The van der Waals surface area contributed by atoms with E-state index in [-0.39, 0.29) is 41.9 Å². The van der Waals surface area contributed by atoms with Gasteiger partial charge in [-0.3, -0.25) is 14.4 Å². The van der Waals surface area contributed by atoms with Crippen LogP contribution in [0.2, 0.25) is 0 Å². The topological polar surface area (TPSA) is 99.3 Å². The lowest BCUT2D eigenvalue weighted by Crippen LogP contribution is -2.53. The summed E-state index contributed by atoms with van der Waals surface area (Å²) in [5, 5.41) is 0.977. The Morgan fingerprint density at radius 3 is 2.20 bits per heavy atom. The van der Waals surface area contributed by atoms with E-state index >= 15 is 0 Å². The number of aromatic nitrogens is 3. The second kappa shape index (κ2) is 10.0. The van der Waals surface area contributed by atoms with Crippen LogP contribution in [-0.2, 0) is 4.79 Å². The molecule has 4 heterocycles. The van der Waals surface area contributed by atoms with E-state index < -0.39 is 11.3 Å². The van der Waals surface area contributed by atoms with Gasteiger partial charge in [0.25, 0.3) is 5.91 Å². The largest absolute Gasteiger partial charge is 0.352 e. The quantitative estimate of drug-likeness (QED) is 0.351. The molecule has 3 atom stereocenters. The number of aromatic amines is 1. The summed E-state index contributed by atoms with van der Waals surface area (Å²) in [4.78, 5) is 56.0. The van der Waals surface area contributed by atoms with Gasteiger partial charge >= 0.3 is 0 Å². The van der Waals surface area contributed by atoms with E-state index in [0.29, 0.717) is 18.8 Å². The van der Waals surface area contributed by atoms with Crippen LogP contribution in [0.4, 0.5) is 0 Å². The number of carbonyl (C=O) groups excluding carboxylic acids is 3. The van der Waals surface area contributed by atoms with E-state index in [4.69, 9.17) is 0 Å². The van der Waals surface area contributed by atoms with E-state index in [1.54, 1.807) is 17.3 Å². The fraction of sp³-hybridized carbons (Fsp3) is 0.344. The van der Waals surface area contributed by atoms with Crippen molar-refractivity contribution in [2.24, 2.45) is 11.3 Å². The number of Topliss-reactive ketones (excluding diaryl/α,β-unsaturated/α-hetero) is 1. The van der Waals surface area contributed by atoms with Gasteiger partial charge < -0.3 is 14.8 Å². The number of amides is 2. The van der Waals surface area contributed by atoms with Gasteiger partial charge in [0, 0.05) is 48.4 Å². The first kappa shape index (κ1) is 25.9. The van der Waals surface area contributed by atoms with Crippen LogP contribution in [0.5, 0.6) is 0 Å². The molecule has 8 heteroatoms. The first-order valence-corrected chi connectivity index (χ1v) is 13.8. The molecule has 40 heavy (non-hydrogen) atoms. The van der Waals surface area contributed by atoms with Gasteiger partial charge in [0.05, 0.1) is 23.7 Å². The molecule has 2 bridgehead atoms. The molecule has 2 amide bonds. The first-order valence-electron chi connectivity index (χ1n) is 13.8. The molecule has 0 spiro atoms. The normalized spacial score (nSPS) is 19.3. The number of rotatable bonds is 6. The molecule has 2 aliphatic rings. The maximum Gasteiger partial charge on any atom is 0.292 e. The molecule has 2 aliphatic heterocycles. The number of fused-ring (bicyclic) bond motifs is 3. The number of nitrogens with zero attached hydrogens (tertiary/aromatic N) is 4. The molecule has 204 valence electrons. The van der Waals surface area contributed by atoms with Crippen molar-refractivity contribution in [3.8, 4) is 11.1 Å². The Bertz CT molecular complexity index is 1540. The van der Waals surface area contributed by atoms with E-state index in [0.717, 1.165) is 28.5 Å². The zero-order chi connectivity index (χ0) is 28.0. The highest BCUT2D eigenvalue weighted by molar-refractivity contribution is 6.01. The van der Waals surface area contributed by atoms with E-state index in [1.807, 2.05) is 86.3 Å². The van der Waals surface area contributed by atoms with E-state index in [2.05, 4.69) is 15.0 Å². The van der Waals surface area contributed by atoms with Crippen molar-refractivity contribution >= 4 is 28.5 Å². The molecule has 8 nitrogen and oxygen atoms in total. The average molecular weight is 536 g/mol. The molecule has 4 aromatic rings. The van der Waals surface area contributed by atoms with Crippen LogP contribution in [0.25, 0.3) is 22.0 Å². The maximum atomic E-state index is 13.9. The second-order valence-corrected chi connectivity index (χ2v) is 12.0. The summed E-state index contributed by atoms with van der Waals surface area (Å²) < 4.78 is 0. The van der Waals surface area contributed by atoms with Crippen molar-refractivity contribution in [3.05, 3.63) is 84.6 Å². The Kier molecular flexibility index (Phi) is 6.49. The number of hydrogen-bond donors (Lipinski definition) is 1. The Morgan fingerprint density at radius 1 is 0.900 bits per heavy atom. The lowest BCUT2D eigenvalue weighted by Gasteiger charge is -2.38. The van der Waals surface area contributed by atoms with Crippen LogP contribution < -0.4 is 0 Å². The lowest BCUT2D eigenvalue weighted by atomic mass is 9.76. The molecule has 1 N–H and O–H groups in total. The standard InChI is InChI=1S/C32H33N5O3/c1-32(2,3)25(15-28(38)27-13-21-11-7-8-12-26(21)35-27)30(39)36-18-24-14-23(36)19-37(24)31(40)29-33-16-22(17-34-29)20-9-5-4-6-10-20/h4-13,16-17,23-25,35H,14-15,18-19H2,1-3H3/t23-,24-,25+/m0/s1. The summed E-state index contributed by atoms with van der Waals surface area (Å²) in [6, 6.07) is 19.3. The summed E-state index contributed by atoms with van der Waals surface area (Å²) >= 11 is 0. The average Bonchev–Trinajstić information content (AvgIpc) is 3.69. The number of H-pyrrole nitrogens is 1. The highest BCUT2D eigenvalue weighted by Crippen LogP contribution is 2.38. The molecular formula is C32H33N5O3. The third kappa shape index (κ3) is 4.78. The smallest absolute Gasteiger partial charge is 0.292 e. The number of hydrogen-bond acceptors (Lipinski definition) is 5. The van der Waals surface area contributed by atoms with Crippen molar-refractivity contribution in [3.63, 3.8) is 0 Å². The lowest BCUT2D eigenvalue weighted by molar-refractivity contribution is -0.141. The summed E-state index contributed by atoms with van der Waals surface area (Å²) in [6.07, 6.45) is 4.22. The number of para-hydroxylation sites is 1. The van der Waals surface area contributed by atoms with Gasteiger partial charge in [0.15, 0.2) is 5.78 Å². The fourth-order valence-corrected chi connectivity index (χ4v) is 6.02. The Balaban J connectivity index is 1.13.